The van der Waals surface area contributed by atoms with Gasteiger partial charge < -0.3 is 0 Å². The quantitative estimate of drug-likeness (QED) is 0.582. The third-order valence-corrected chi connectivity index (χ3v) is 3.12. The molecule has 22 heavy (non-hydrogen) atoms. The number of nitrogens with one attached hydrogen (secondary N) is 3. The molecule has 0 bridgehead atoms. The lowest BCUT2D eigenvalue weighted by molar-refractivity contribution is 0.0934. The molecule has 3 N–H and O–H groups in total. The zero-order chi connectivity index (χ0) is 15.9. The van der Waals surface area contributed by atoms with Crippen LogP contribution in [0, 0.1) is 0 Å². The van der Waals surface area contributed by atoms with E-state index in [0.717, 1.165) is 0 Å². The van der Waals surface area contributed by atoms with Crippen molar-refractivity contribution in [2.24, 2.45) is 0 Å². The van der Waals surface area contributed by atoms with Crippen molar-refractivity contribution >= 4 is 40.7 Å². The van der Waals surface area contributed by atoms with Crippen LogP contribution in [-0.4, -0.2) is 16.9 Å². The Hall–Kier alpha value is -2.44. The summed E-state index contributed by atoms with van der Waals surface area (Å²) in [5.74, 6) is -0.758. The molecular formula is C15H12ClN3O2S. The van der Waals surface area contributed by atoms with Crippen molar-refractivity contribution in [1.29, 1.82) is 0 Å². The predicted molar refractivity (Wildman–Crippen MR) is 88.6 cm³/mol. The van der Waals surface area contributed by atoms with Gasteiger partial charge in [-0.1, -0.05) is 29.8 Å². The summed E-state index contributed by atoms with van der Waals surface area (Å²) < 4.78 is 0. The van der Waals surface area contributed by atoms with Gasteiger partial charge in [0, 0.05) is 16.1 Å². The van der Waals surface area contributed by atoms with Crippen LogP contribution in [0.4, 0.5) is 0 Å². The first-order chi connectivity index (χ1) is 10.6. The Kier molecular flexibility index (Phi) is 5.46. The predicted octanol–water partition coefficient (Wildman–Crippen LogP) is 2.29. The second-order valence-corrected chi connectivity index (χ2v) is 5.08. The zero-order valence-electron chi connectivity index (χ0n) is 11.3. The van der Waals surface area contributed by atoms with E-state index in [0.29, 0.717) is 16.1 Å². The lowest BCUT2D eigenvalue weighted by Gasteiger charge is -2.10. The Morgan fingerprint density at radius 3 is 2.05 bits per heavy atom. The summed E-state index contributed by atoms with van der Waals surface area (Å²) in [6, 6.07) is 15.0. The smallest absolute Gasteiger partial charge is 0.269 e. The highest BCUT2D eigenvalue weighted by molar-refractivity contribution is 7.80. The van der Waals surface area contributed by atoms with E-state index >= 15 is 0 Å². The minimum Gasteiger partial charge on any atom is -0.298 e. The van der Waals surface area contributed by atoms with Crippen molar-refractivity contribution in [2.45, 2.75) is 0 Å². The molecule has 0 aromatic heterocycles. The van der Waals surface area contributed by atoms with Crippen molar-refractivity contribution in [1.82, 2.24) is 16.2 Å². The van der Waals surface area contributed by atoms with E-state index in [2.05, 4.69) is 16.2 Å². The monoisotopic (exact) mass is 333 g/mol. The fourth-order valence-corrected chi connectivity index (χ4v) is 1.85. The number of benzene rings is 2. The number of hydrogen-bond donors (Lipinski definition) is 3. The number of hydrazine groups is 1. The highest BCUT2D eigenvalue weighted by Crippen LogP contribution is 2.08. The summed E-state index contributed by atoms with van der Waals surface area (Å²) in [7, 11) is 0. The van der Waals surface area contributed by atoms with Crippen LogP contribution in [-0.2, 0) is 0 Å². The molecular weight excluding hydrogens is 322 g/mol. The summed E-state index contributed by atoms with van der Waals surface area (Å²) in [4.78, 5) is 23.7. The Morgan fingerprint density at radius 1 is 0.818 bits per heavy atom. The molecule has 7 heteroatoms. The normalized spacial score (nSPS) is 9.68. The van der Waals surface area contributed by atoms with Crippen LogP contribution in [0.2, 0.25) is 5.02 Å². The molecule has 0 aliphatic rings. The minimum atomic E-state index is -0.395. The maximum Gasteiger partial charge on any atom is 0.269 e. The number of carbonyl (C=O) groups is 2. The molecule has 5 nitrogen and oxygen atoms in total. The first-order valence-corrected chi connectivity index (χ1v) is 7.07. The van der Waals surface area contributed by atoms with Crippen LogP contribution in [0.15, 0.2) is 54.6 Å². The van der Waals surface area contributed by atoms with Gasteiger partial charge in [-0.15, -0.1) is 0 Å². The van der Waals surface area contributed by atoms with E-state index in [9.17, 15) is 9.59 Å². The number of thiocarbonyl (C=S) groups is 1. The van der Waals surface area contributed by atoms with Gasteiger partial charge in [0.25, 0.3) is 11.8 Å². The van der Waals surface area contributed by atoms with Gasteiger partial charge in [0.1, 0.15) is 0 Å². The maximum absolute atomic E-state index is 11.8. The average Bonchev–Trinajstić information content (AvgIpc) is 2.54. The molecule has 0 heterocycles. The van der Waals surface area contributed by atoms with Gasteiger partial charge in [-0.3, -0.25) is 25.8 Å². The van der Waals surface area contributed by atoms with Crippen LogP contribution in [0.1, 0.15) is 20.7 Å². The SMILES string of the molecule is O=C(NNC(=S)NC(=O)c1ccccc1)c1ccc(Cl)cc1. The van der Waals surface area contributed by atoms with Gasteiger partial charge in [-0.25, -0.2) is 0 Å². The number of hydrogen-bond acceptors (Lipinski definition) is 3. The third kappa shape index (κ3) is 4.54. The highest BCUT2D eigenvalue weighted by atomic mass is 35.5. The Morgan fingerprint density at radius 2 is 1.41 bits per heavy atom. The van der Waals surface area contributed by atoms with E-state index in [1.54, 1.807) is 54.6 Å². The van der Waals surface area contributed by atoms with Crippen LogP contribution >= 0.6 is 23.8 Å². The lowest BCUT2D eigenvalue weighted by atomic mass is 10.2. The van der Waals surface area contributed by atoms with E-state index in [-0.39, 0.29) is 11.0 Å². The number of halogens is 1. The molecule has 0 unspecified atom stereocenters. The molecule has 0 spiro atoms. The molecule has 112 valence electrons. The molecule has 0 aliphatic carbocycles. The lowest BCUT2D eigenvalue weighted by Crippen LogP contribution is -2.48. The molecule has 0 radical (unpaired) electrons. The summed E-state index contributed by atoms with van der Waals surface area (Å²) in [6.45, 7) is 0. The van der Waals surface area contributed by atoms with Gasteiger partial charge in [0.15, 0.2) is 5.11 Å². The average molecular weight is 334 g/mol. The second-order valence-electron chi connectivity index (χ2n) is 4.24. The van der Waals surface area contributed by atoms with E-state index < -0.39 is 5.91 Å². The highest BCUT2D eigenvalue weighted by Gasteiger charge is 2.09. The van der Waals surface area contributed by atoms with Gasteiger partial charge in [0.05, 0.1) is 0 Å². The van der Waals surface area contributed by atoms with Crippen molar-refractivity contribution in [3.8, 4) is 0 Å². The van der Waals surface area contributed by atoms with Crippen LogP contribution < -0.4 is 16.2 Å². The fraction of sp³-hybridized carbons (Fsp3) is 0. The van der Waals surface area contributed by atoms with Gasteiger partial charge in [0.2, 0.25) is 0 Å². The molecule has 2 amide bonds. The molecule has 2 rings (SSSR count). The molecule has 0 fully saturated rings. The Balaban J connectivity index is 1.84. The molecule has 0 saturated heterocycles. The molecule has 0 saturated carbocycles. The Bertz CT molecular complexity index is 690. The van der Waals surface area contributed by atoms with Crippen LogP contribution in [0.5, 0.6) is 0 Å². The van der Waals surface area contributed by atoms with Gasteiger partial charge in [-0.2, -0.15) is 0 Å². The standard InChI is InChI=1S/C15H12ClN3O2S/c16-12-8-6-11(7-9-12)14(21)18-19-15(22)17-13(20)10-4-2-1-3-5-10/h1-9H,(H,18,21)(H2,17,19,20,22). The summed E-state index contributed by atoms with van der Waals surface area (Å²) in [5, 5.41) is 2.99. The number of amides is 2. The van der Waals surface area contributed by atoms with E-state index in [4.69, 9.17) is 23.8 Å². The van der Waals surface area contributed by atoms with Crippen molar-refractivity contribution in [3.05, 3.63) is 70.7 Å². The largest absolute Gasteiger partial charge is 0.298 e. The summed E-state index contributed by atoms with van der Waals surface area (Å²) in [5.41, 5.74) is 5.73. The minimum absolute atomic E-state index is 0.00355. The first kappa shape index (κ1) is 15.9. The molecule has 2 aromatic carbocycles. The van der Waals surface area contributed by atoms with Gasteiger partial charge >= 0.3 is 0 Å². The second kappa shape index (κ2) is 7.53. The van der Waals surface area contributed by atoms with Crippen molar-refractivity contribution < 1.29 is 9.59 Å². The molecule has 0 atom stereocenters. The first-order valence-electron chi connectivity index (χ1n) is 6.28. The fourth-order valence-electron chi connectivity index (χ4n) is 1.58. The van der Waals surface area contributed by atoms with E-state index in [1.807, 2.05) is 0 Å². The third-order valence-electron chi connectivity index (χ3n) is 2.66. The van der Waals surface area contributed by atoms with E-state index in [1.165, 1.54) is 0 Å². The Labute approximate surface area is 137 Å². The zero-order valence-corrected chi connectivity index (χ0v) is 12.9. The maximum atomic E-state index is 11.8. The summed E-state index contributed by atoms with van der Waals surface area (Å²) in [6.07, 6.45) is 0. The topological polar surface area (TPSA) is 70.2 Å². The number of rotatable bonds is 2. The van der Waals surface area contributed by atoms with Crippen LogP contribution in [0.25, 0.3) is 0 Å². The van der Waals surface area contributed by atoms with Crippen molar-refractivity contribution in [3.63, 3.8) is 0 Å². The van der Waals surface area contributed by atoms with Gasteiger partial charge in [-0.05, 0) is 48.6 Å². The molecule has 2 aromatic rings. The van der Waals surface area contributed by atoms with Crippen LogP contribution in [0.3, 0.4) is 0 Å². The van der Waals surface area contributed by atoms with Crippen molar-refractivity contribution in [2.75, 3.05) is 0 Å². The molecule has 0 aliphatic heterocycles. The number of carbonyl (C=O) groups excluding carboxylic acids is 2. The summed E-state index contributed by atoms with van der Waals surface area (Å²) >= 11 is 10.7.